The topological polar surface area (TPSA) is 41.1 Å². The zero-order chi connectivity index (χ0) is 14.9. The largest absolute Gasteiger partial charge is 0.351 e. The first-order chi connectivity index (χ1) is 10.3. The molecule has 1 fully saturated rings. The van der Waals surface area contributed by atoms with Gasteiger partial charge < -0.3 is 10.6 Å². The second kappa shape index (κ2) is 8.83. The third-order valence-electron chi connectivity index (χ3n) is 4.52. The lowest BCUT2D eigenvalue weighted by atomic mass is 9.93. The van der Waals surface area contributed by atoms with Gasteiger partial charge in [0.15, 0.2) is 0 Å². The van der Waals surface area contributed by atoms with Gasteiger partial charge in [-0.25, -0.2) is 0 Å². The number of hydrogen-bond acceptors (Lipinski definition) is 2. The zero-order valence-corrected chi connectivity index (χ0v) is 13.1. The van der Waals surface area contributed by atoms with Gasteiger partial charge in [0.25, 0.3) is 0 Å². The fraction of sp³-hybridized carbons (Fsp3) is 0.611. The predicted molar refractivity (Wildman–Crippen MR) is 86.9 cm³/mol. The summed E-state index contributed by atoms with van der Waals surface area (Å²) in [5.74, 6) is 0.814. The third kappa shape index (κ3) is 5.88. The van der Waals surface area contributed by atoms with E-state index in [0.29, 0.717) is 19.1 Å². The summed E-state index contributed by atoms with van der Waals surface area (Å²) in [5, 5.41) is 6.37. The van der Waals surface area contributed by atoms with Gasteiger partial charge in [0.2, 0.25) is 5.91 Å². The molecule has 21 heavy (non-hydrogen) atoms. The van der Waals surface area contributed by atoms with Gasteiger partial charge in [0, 0.05) is 12.6 Å². The molecular formula is C18H28N2O. The maximum absolute atomic E-state index is 11.9. The van der Waals surface area contributed by atoms with Crippen LogP contribution < -0.4 is 10.6 Å². The summed E-state index contributed by atoms with van der Waals surface area (Å²) in [6.07, 6.45) is 8.05. The minimum Gasteiger partial charge on any atom is -0.351 e. The van der Waals surface area contributed by atoms with Gasteiger partial charge >= 0.3 is 0 Å². The van der Waals surface area contributed by atoms with Crippen LogP contribution in [0.2, 0.25) is 0 Å². The Morgan fingerprint density at radius 2 is 1.81 bits per heavy atom. The van der Waals surface area contributed by atoms with E-state index in [-0.39, 0.29) is 5.91 Å². The summed E-state index contributed by atoms with van der Waals surface area (Å²) in [6, 6.07) is 10.5. The van der Waals surface area contributed by atoms with Crippen LogP contribution in [0.25, 0.3) is 0 Å². The Kier molecular flexibility index (Phi) is 6.74. The summed E-state index contributed by atoms with van der Waals surface area (Å²) in [5.41, 5.74) is 1.14. The summed E-state index contributed by atoms with van der Waals surface area (Å²) >= 11 is 0. The lowest BCUT2D eigenvalue weighted by molar-refractivity contribution is -0.120. The molecule has 1 saturated carbocycles. The number of hydrogen-bond donors (Lipinski definition) is 2. The van der Waals surface area contributed by atoms with E-state index in [1.807, 2.05) is 30.3 Å². The molecule has 2 rings (SSSR count). The first-order valence-corrected chi connectivity index (χ1v) is 8.29. The van der Waals surface area contributed by atoms with Crippen molar-refractivity contribution in [3.8, 4) is 0 Å². The lowest BCUT2D eigenvalue weighted by Gasteiger charge is -2.23. The van der Waals surface area contributed by atoms with Crippen LogP contribution in [0.15, 0.2) is 30.3 Å². The molecule has 0 heterocycles. The molecule has 0 bridgehead atoms. The van der Waals surface area contributed by atoms with E-state index in [1.54, 1.807) is 0 Å². The first kappa shape index (κ1) is 16.0. The molecule has 0 spiro atoms. The monoisotopic (exact) mass is 288 g/mol. The molecule has 0 saturated heterocycles. The van der Waals surface area contributed by atoms with Gasteiger partial charge in [0.1, 0.15) is 0 Å². The second-order valence-electron chi connectivity index (χ2n) is 6.18. The van der Waals surface area contributed by atoms with E-state index in [2.05, 4.69) is 17.6 Å². The molecule has 1 aromatic rings. The fourth-order valence-electron chi connectivity index (χ4n) is 3.09. The SMILES string of the molecule is C[C@H](NCC(=O)NCc1ccccc1)C1CCCCCC1. The van der Waals surface area contributed by atoms with Crippen molar-refractivity contribution in [3.05, 3.63) is 35.9 Å². The van der Waals surface area contributed by atoms with Crippen LogP contribution in [0.3, 0.4) is 0 Å². The molecule has 1 amide bonds. The molecule has 2 N–H and O–H groups in total. The van der Waals surface area contributed by atoms with Crippen molar-refractivity contribution in [1.82, 2.24) is 10.6 Å². The Bertz CT molecular complexity index is 410. The summed E-state index contributed by atoms with van der Waals surface area (Å²) < 4.78 is 0. The molecule has 1 atom stereocenters. The molecule has 0 radical (unpaired) electrons. The molecule has 1 aromatic carbocycles. The number of nitrogens with one attached hydrogen (secondary N) is 2. The molecule has 1 aliphatic rings. The second-order valence-corrected chi connectivity index (χ2v) is 6.18. The van der Waals surface area contributed by atoms with Crippen molar-refractivity contribution in [3.63, 3.8) is 0 Å². The quantitative estimate of drug-likeness (QED) is 0.789. The van der Waals surface area contributed by atoms with Gasteiger partial charge in [-0.3, -0.25) is 4.79 Å². The predicted octanol–water partition coefficient (Wildman–Crippen LogP) is 3.25. The van der Waals surface area contributed by atoms with Gasteiger partial charge in [0.05, 0.1) is 6.54 Å². The molecule has 0 aliphatic heterocycles. The van der Waals surface area contributed by atoms with Crippen LogP contribution in [0.5, 0.6) is 0 Å². The van der Waals surface area contributed by atoms with Crippen molar-refractivity contribution in [2.45, 2.75) is 58.0 Å². The van der Waals surface area contributed by atoms with E-state index in [0.717, 1.165) is 11.5 Å². The van der Waals surface area contributed by atoms with Crippen LogP contribution in [-0.2, 0) is 11.3 Å². The highest BCUT2D eigenvalue weighted by molar-refractivity contribution is 5.78. The van der Waals surface area contributed by atoms with Crippen molar-refractivity contribution >= 4 is 5.91 Å². The van der Waals surface area contributed by atoms with Crippen molar-refractivity contribution in [2.24, 2.45) is 5.92 Å². The number of carbonyl (C=O) groups excluding carboxylic acids is 1. The Balaban J connectivity index is 1.65. The van der Waals surface area contributed by atoms with Crippen molar-refractivity contribution in [2.75, 3.05) is 6.54 Å². The van der Waals surface area contributed by atoms with Gasteiger partial charge in [-0.15, -0.1) is 0 Å². The Morgan fingerprint density at radius 3 is 2.48 bits per heavy atom. The van der Waals surface area contributed by atoms with E-state index in [1.165, 1.54) is 38.5 Å². The molecule has 3 heteroatoms. The number of benzene rings is 1. The van der Waals surface area contributed by atoms with Gasteiger partial charge in [-0.2, -0.15) is 0 Å². The minimum atomic E-state index is 0.0827. The Hall–Kier alpha value is -1.35. The van der Waals surface area contributed by atoms with Gasteiger partial charge in [-0.05, 0) is 31.2 Å². The van der Waals surface area contributed by atoms with Crippen LogP contribution in [0.4, 0.5) is 0 Å². The summed E-state index contributed by atoms with van der Waals surface area (Å²) in [7, 11) is 0. The fourth-order valence-corrected chi connectivity index (χ4v) is 3.09. The maximum Gasteiger partial charge on any atom is 0.234 e. The lowest BCUT2D eigenvalue weighted by Crippen LogP contribution is -2.41. The Labute approximate surface area is 128 Å². The molecule has 0 aromatic heterocycles. The van der Waals surface area contributed by atoms with Crippen LogP contribution >= 0.6 is 0 Å². The average molecular weight is 288 g/mol. The van der Waals surface area contributed by atoms with E-state index in [9.17, 15) is 4.79 Å². The third-order valence-corrected chi connectivity index (χ3v) is 4.52. The first-order valence-electron chi connectivity index (χ1n) is 8.29. The highest BCUT2D eigenvalue weighted by atomic mass is 16.1. The Morgan fingerprint density at radius 1 is 1.14 bits per heavy atom. The standard InChI is InChI=1S/C18H28N2O/c1-15(17-11-7-2-3-8-12-17)19-14-18(21)20-13-16-9-5-4-6-10-16/h4-6,9-10,15,17,19H,2-3,7-8,11-14H2,1H3,(H,20,21)/t15-/m0/s1. The average Bonchev–Trinajstić information content (AvgIpc) is 2.81. The van der Waals surface area contributed by atoms with E-state index >= 15 is 0 Å². The van der Waals surface area contributed by atoms with Crippen molar-refractivity contribution in [1.29, 1.82) is 0 Å². The van der Waals surface area contributed by atoms with Crippen LogP contribution in [-0.4, -0.2) is 18.5 Å². The van der Waals surface area contributed by atoms with E-state index < -0.39 is 0 Å². The highest BCUT2D eigenvalue weighted by Crippen LogP contribution is 2.25. The smallest absolute Gasteiger partial charge is 0.234 e. The van der Waals surface area contributed by atoms with Crippen LogP contribution in [0.1, 0.15) is 51.0 Å². The maximum atomic E-state index is 11.9. The zero-order valence-electron chi connectivity index (χ0n) is 13.1. The molecule has 0 unspecified atom stereocenters. The van der Waals surface area contributed by atoms with Crippen molar-refractivity contribution < 1.29 is 4.79 Å². The molecule has 1 aliphatic carbocycles. The van der Waals surface area contributed by atoms with E-state index in [4.69, 9.17) is 0 Å². The normalized spacial score (nSPS) is 18.0. The number of amides is 1. The summed E-state index contributed by atoms with van der Waals surface area (Å²) in [6.45, 7) is 3.25. The minimum absolute atomic E-state index is 0.0827. The molecular weight excluding hydrogens is 260 g/mol. The number of carbonyl (C=O) groups is 1. The molecule has 3 nitrogen and oxygen atoms in total. The summed E-state index contributed by atoms with van der Waals surface area (Å²) in [4.78, 5) is 11.9. The highest BCUT2D eigenvalue weighted by Gasteiger charge is 2.19. The molecule has 116 valence electrons. The van der Waals surface area contributed by atoms with Gasteiger partial charge in [-0.1, -0.05) is 56.0 Å². The van der Waals surface area contributed by atoms with Crippen LogP contribution in [0, 0.1) is 5.92 Å². The number of rotatable bonds is 6.